The van der Waals surface area contributed by atoms with E-state index >= 15 is 0 Å². The average molecular weight is 326 g/mol. The second-order valence-electron chi connectivity index (χ2n) is 5.42. The monoisotopic (exact) mass is 326 g/mol. The van der Waals surface area contributed by atoms with E-state index in [9.17, 15) is 18.4 Å². The van der Waals surface area contributed by atoms with Crippen LogP contribution in [0.1, 0.15) is 19.8 Å². The molecular weight excluding hydrogens is 306 g/mol. The maximum atomic E-state index is 13.1. The number of anilines is 1. The lowest BCUT2D eigenvalue weighted by Crippen LogP contribution is -2.43. The van der Waals surface area contributed by atoms with E-state index in [1.165, 1.54) is 0 Å². The molecule has 0 saturated carbocycles. The zero-order valence-corrected chi connectivity index (χ0v) is 13.0. The number of esters is 1. The van der Waals surface area contributed by atoms with Gasteiger partial charge in [0.15, 0.2) is 0 Å². The number of halogens is 2. The number of carbonyl (C=O) groups excluding carboxylic acids is 2. The van der Waals surface area contributed by atoms with Crippen LogP contribution in [0.25, 0.3) is 0 Å². The summed E-state index contributed by atoms with van der Waals surface area (Å²) >= 11 is 0. The summed E-state index contributed by atoms with van der Waals surface area (Å²) in [6.07, 6.45) is 1.14. The zero-order valence-electron chi connectivity index (χ0n) is 13.0. The summed E-state index contributed by atoms with van der Waals surface area (Å²) in [6, 6.07) is 3.03. The number of nitrogens with zero attached hydrogens (tertiary/aromatic N) is 1. The molecule has 1 heterocycles. The number of ether oxygens (including phenoxy) is 1. The van der Waals surface area contributed by atoms with E-state index in [1.807, 2.05) is 0 Å². The number of amides is 1. The Balaban J connectivity index is 1.80. The summed E-state index contributed by atoms with van der Waals surface area (Å²) in [4.78, 5) is 25.4. The lowest BCUT2D eigenvalue weighted by molar-refractivity contribution is -0.151. The van der Waals surface area contributed by atoms with Gasteiger partial charge in [-0.05, 0) is 31.9 Å². The van der Waals surface area contributed by atoms with E-state index in [2.05, 4.69) is 5.32 Å². The first-order chi connectivity index (χ1) is 11.0. The van der Waals surface area contributed by atoms with Crippen LogP contribution in [0.2, 0.25) is 0 Å². The molecule has 23 heavy (non-hydrogen) atoms. The van der Waals surface area contributed by atoms with Gasteiger partial charge in [0.05, 0.1) is 19.1 Å². The van der Waals surface area contributed by atoms with Gasteiger partial charge in [0, 0.05) is 24.8 Å². The summed E-state index contributed by atoms with van der Waals surface area (Å²) in [6.45, 7) is 3.01. The van der Waals surface area contributed by atoms with Crippen molar-refractivity contribution < 1.29 is 23.1 Å². The minimum absolute atomic E-state index is 0.0486. The number of benzene rings is 1. The maximum Gasteiger partial charge on any atom is 0.309 e. The topological polar surface area (TPSA) is 58.6 Å². The fourth-order valence-corrected chi connectivity index (χ4v) is 2.57. The number of hydrogen-bond donors (Lipinski definition) is 1. The first kappa shape index (κ1) is 17.2. The van der Waals surface area contributed by atoms with E-state index in [1.54, 1.807) is 11.8 Å². The van der Waals surface area contributed by atoms with Crippen molar-refractivity contribution >= 4 is 17.6 Å². The molecule has 1 amide bonds. The van der Waals surface area contributed by atoms with Gasteiger partial charge < -0.3 is 15.0 Å². The summed E-state index contributed by atoms with van der Waals surface area (Å²) in [7, 11) is 0. The Hall–Kier alpha value is -2.18. The number of piperidine rings is 1. The molecule has 1 aliphatic rings. The Kier molecular flexibility index (Phi) is 5.90. The van der Waals surface area contributed by atoms with Crippen LogP contribution in [0.15, 0.2) is 18.2 Å². The van der Waals surface area contributed by atoms with Crippen molar-refractivity contribution in [2.75, 3.05) is 31.6 Å². The summed E-state index contributed by atoms with van der Waals surface area (Å²) in [5.41, 5.74) is 0.220. The first-order valence-corrected chi connectivity index (χ1v) is 7.64. The van der Waals surface area contributed by atoms with E-state index in [4.69, 9.17) is 4.74 Å². The van der Waals surface area contributed by atoms with Gasteiger partial charge in [-0.25, -0.2) is 8.78 Å². The smallest absolute Gasteiger partial charge is 0.309 e. The highest BCUT2D eigenvalue weighted by Gasteiger charge is 2.27. The molecule has 0 aliphatic carbocycles. The Morgan fingerprint density at radius 1 is 1.22 bits per heavy atom. The highest BCUT2D eigenvalue weighted by atomic mass is 19.1. The molecule has 0 spiro atoms. The molecule has 1 aliphatic heterocycles. The fraction of sp³-hybridized carbons (Fsp3) is 0.500. The number of rotatable bonds is 5. The predicted octanol–water partition coefficient (Wildman–Crippen LogP) is 2.18. The van der Waals surface area contributed by atoms with E-state index < -0.39 is 11.6 Å². The largest absolute Gasteiger partial charge is 0.466 e. The van der Waals surface area contributed by atoms with Crippen LogP contribution < -0.4 is 5.32 Å². The molecule has 7 heteroatoms. The molecule has 1 aromatic carbocycles. The third kappa shape index (κ3) is 4.91. The molecule has 0 atom stereocenters. The maximum absolute atomic E-state index is 13.1. The summed E-state index contributed by atoms with van der Waals surface area (Å²) in [5.74, 6) is -1.94. The minimum Gasteiger partial charge on any atom is -0.466 e. The van der Waals surface area contributed by atoms with Crippen LogP contribution in [0.4, 0.5) is 14.5 Å². The Morgan fingerprint density at radius 3 is 2.39 bits per heavy atom. The lowest BCUT2D eigenvalue weighted by Gasteiger charge is -2.31. The molecule has 5 nitrogen and oxygen atoms in total. The van der Waals surface area contributed by atoms with Crippen LogP contribution >= 0.6 is 0 Å². The molecule has 0 unspecified atom stereocenters. The number of carbonyl (C=O) groups is 2. The van der Waals surface area contributed by atoms with Gasteiger partial charge >= 0.3 is 5.97 Å². The fourth-order valence-electron chi connectivity index (χ4n) is 2.57. The Bertz CT molecular complexity index is 552. The van der Waals surface area contributed by atoms with Gasteiger partial charge in [-0.2, -0.15) is 0 Å². The van der Waals surface area contributed by atoms with Gasteiger partial charge in [0.25, 0.3) is 0 Å². The van der Waals surface area contributed by atoms with Crippen molar-refractivity contribution in [1.29, 1.82) is 0 Å². The van der Waals surface area contributed by atoms with Crippen molar-refractivity contribution in [2.45, 2.75) is 19.8 Å². The molecule has 2 rings (SSSR count). The van der Waals surface area contributed by atoms with Crippen molar-refractivity contribution in [3.63, 3.8) is 0 Å². The van der Waals surface area contributed by atoms with Crippen molar-refractivity contribution in [3.8, 4) is 0 Å². The predicted molar refractivity (Wildman–Crippen MR) is 80.8 cm³/mol. The van der Waals surface area contributed by atoms with Gasteiger partial charge in [0.2, 0.25) is 5.91 Å². The summed E-state index contributed by atoms with van der Waals surface area (Å²) < 4.78 is 31.1. The van der Waals surface area contributed by atoms with Crippen molar-refractivity contribution in [2.24, 2.45) is 5.92 Å². The first-order valence-electron chi connectivity index (χ1n) is 7.64. The van der Waals surface area contributed by atoms with Gasteiger partial charge in [0.1, 0.15) is 11.6 Å². The molecule has 1 saturated heterocycles. The molecule has 0 bridgehead atoms. The molecule has 1 N–H and O–H groups in total. The van der Waals surface area contributed by atoms with E-state index in [0.29, 0.717) is 32.5 Å². The number of likely N-dealkylation sites (tertiary alicyclic amines) is 1. The minimum atomic E-state index is -0.699. The highest BCUT2D eigenvalue weighted by molar-refractivity contribution is 5.81. The van der Waals surface area contributed by atoms with Crippen LogP contribution in [-0.4, -0.2) is 43.0 Å². The second-order valence-corrected chi connectivity index (χ2v) is 5.42. The van der Waals surface area contributed by atoms with Crippen LogP contribution in [0.3, 0.4) is 0 Å². The Labute approximate surface area is 133 Å². The standard InChI is InChI=1S/C16H20F2N2O3/c1-2-23-16(22)11-3-5-20(6-4-11)15(21)10-19-14-8-12(17)7-13(18)9-14/h7-9,11,19H,2-6,10H2,1H3. The molecule has 126 valence electrons. The normalized spacial score (nSPS) is 15.3. The third-order valence-corrected chi connectivity index (χ3v) is 3.77. The van der Waals surface area contributed by atoms with Gasteiger partial charge in [-0.3, -0.25) is 9.59 Å². The van der Waals surface area contributed by atoms with Gasteiger partial charge in [-0.15, -0.1) is 0 Å². The lowest BCUT2D eigenvalue weighted by atomic mass is 9.97. The van der Waals surface area contributed by atoms with Crippen LogP contribution in [0.5, 0.6) is 0 Å². The zero-order chi connectivity index (χ0) is 16.8. The van der Waals surface area contributed by atoms with Crippen molar-refractivity contribution in [3.05, 3.63) is 29.8 Å². The number of hydrogen-bond acceptors (Lipinski definition) is 4. The molecular formula is C16H20F2N2O3. The van der Waals surface area contributed by atoms with E-state index in [0.717, 1.165) is 18.2 Å². The van der Waals surface area contributed by atoms with Crippen LogP contribution in [0, 0.1) is 17.6 Å². The average Bonchev–Trinajstić information content (AvgIpc) is 2.52. The Morgan fingerprint density at radius 2 is 1.83 bits per heavy atom. The quantitative estimate of drug-likeness (QED) is 0.843. The third-order valence-electron chi connectivity index (χ3n) is 3.77. The molecule has 1 fully saturated rings. The number of nitrogens with one attached hydrogen (secondary N) is 1. The van der Waals surface area contributed by atoms with Gasteiger partial charge in [-0.1, -0.05) is 0 Å². The molecule has 0 radical (unpaired) electrons. The SMILES string of the molecule is CCOC(=O)C1CCN(C(=O)CNc2cc(F)cc(F)c2)CC1. The highest BCUT2D eigenvalue weighted by Crippen LogP contribution is 2.19. The molecule has 1 aromatic rings. The second kappa shape index (κ2) is 7.89. The molecule has 0 aromatic heterocycles. The summed E-state index contributed by atoms with van der Waals surface area (Å²) in [5, 5.41) is 2.71. The van der Waals surface area contributed by atoms with E-state index in [-0.39, 0.29) is 30.0 Å². The van der Waals surface area contributed by atoms with Crippen LogP contribution in [-0.2, 0) is 14.3 Å². The van der Waals surface area contributed by atoms with Crippen molar-refractivity contribution in [1.82, 2.24) is 4.90 Å².